The maximum absolute atomic E-state index is 13.2. The minimum atomic E-state index is -4.47. The molecule has 0 saturated carbocycles. The topological polar surface area (TPSA) is 49.2 Å². The number of halogens is 6. The van der Waals surface area contributed by atoms with Gasteiger partial charge in [-0.05, 0) is 56.2 Å². The molecular formula is C26H28F6N4O. The van der Waals surface area contributed by atoms with Crippen LogP contribution < -0.4 is 5.32 Å². The third-order valence-electron chi connectivity index (χ3n) is 5.62. The van der Waals surface area contributed by atoms with Crippen molar-refractivity contribution in [1.29, 1.82) is 0 Å². The number of benzene rings is 2. The molecule has 1 N–H and O–H groups in total. The summed E-state index contributed by atoms with van der Waals surface area (Å²) < 4.78 is 83.9. The van der Waals surface area contributed by atoms with Crippen LogP contribution in [0.5, 0.6) is 0 Å². The van der Waals surface area contributed by atoms with E-state index >= 15 is 0 Å². The molecule has 0 aliphatic carbocycles. The van der Waals surface area contributed by atoms with E-state index in [1.807, 2.05) is 24.8 Å². The average molecular weight is 527 g/mol. The quantitative estimate of drug-likeness (QED) is 0.391. The normalized spacial score (nSPS) is 19.0. The van der Waals surface area contributed by atoms with Crippen LogP contribution in [0.15, 0.2) is 70.3 Å². The third-order valence-corrected chi connectivity index (χ3v) is 5.62. The Bertz CT molecular complexity index is 1130. The Balaban J connectivity index is 1.76. The molecule has 0 atom stereocenters. The summed E-state index contributed by atoms with van der Waals surface area (Å²) in [6, 6.07) is 9.93. The zero-order valence-corrected chi connectivity index (χ0v) is 20.5. The Hall–Kier alpha value is -3.34. The molecule has 0 amide bonds. The first-order valence-corrected chi connectivity index (χ1v) is 11.8. The number of aliphatic imine (C=N–C) groups is 2. The van der Waals surface area contributed by atoms with E-state index in [-0.39, 0.29) is 18.8 Å². The fourth-order valence-corrected chi connectivity index (χ4v) is 3.68. The number of hydrogen-bond donors (Lipinski definition) is 1. The zero-order chi connectivity index (χ0) is 27.1. The summed E-state index contributed by atoms with van der Waals surface area (Å²) in [6.45, 7) is 4.81. The molecular weight excluding hydrogens is 498 g/mol. The lowest BCUT2D eigenvalue weighted by Crippen LogP contribution is -2.31. The van der Waals surface area contributed by atoms with E-state index in [0.29, 0.717) is 49.1 Å². The summed E-state index contributed by atoms with van der Waals surface area (Å²) in [7, 11) is 0. The Labute approximate surface area is 211 Å². The fraction of sp³-hybridized carbons (Fsp3) is 0.385. The second-order valence-electron chi connectivity index (χ2n) is 8.22. The van der Waals surface area contributed by atoms with E-state index in [4.69, 9.17) is 4.74 Å². The number of allylic oxidation sites excluding steroid dienone is 1. The highest BCUT2D eigenvalue weighted by Crippen LogP contribution is 2.32. The summed E-state index contributed by atoms with van der Waals surface area (Å²) in [5, 5.41) is 3.07. The molecule has 0 saturated heterocycles. The minimum absolute atomic E-state index is 0.00581. The molecule has 0 aromatic heterocycles. The van der Waals surface area contributed by atoms with Crippen LogP contribution in [0.2, 0.25) is 0 Å². The summed E-state index contributed by atoms with van der Waals surface area (Å²) in [5.74, 6) is 0.908. The molecule has 0 unspecified atom stereocenters. The molecule has 2 aromatic carbocycles. The van der Waals surface area contributed by atoms with E-state index in [2.05, 4.69) is 15.3 Å². The molecule has 0 spiro atoms. The number of rotatable bonds is 7. The number of amidine groups is 1. The SMILES string of the molecule is CCN(CC)C1=N/C(COCc2ccccc2C(F)(F)F)=C\CC/C(Nc2ccc(C(F)(F)F)cc2)=N\1. The first-order chi connectivity index (χ1) is 17.5. The van der Waals surface area contributed by atoms with Gasteiger partial charge in [-0.1, -0.05) is 24.3 Å². The number of alkyl halides is 6. The van der Waals surface area contributed by atoms with Crippen molar-refractivity contribution < 1.29 is 31.1 Å². The van der Waals surface area contributed by atoms with E-state index in [1.54, 1.807) is 0 Å². The largest absolute Gasteiger partial charge is 0.416 e. The Morgan fingerprint density at radius 2 is 1.54 bits per heavy atom. The Morgan fingerprint density at radius 3 is 2.16 bits per heavy atom. The number of hydrogen-bond acceptors (Lipinski definition) is 5. The van der Waals surface area contributed by atoms with Crippen molar-refractivity contribution in [1.82, 2.24) is 4.90 Å². The summed E-state index contributed by atoms with van der Waals surface area (Å²) in [5.41, 5.74) is -0.452. The summed E-state index contributed by atoms with van der Waals surface area (Å²) >= 11 is 0. The molecule has 5 nitrogen and oxygen atoms in total. The van der Waals surface area contributed by atoms with Gasteiger partial charge in [-0.2, -0.15) is 31.3 Å². The third kappa shape index (κ3) is 8.08. The maximum Gasteiger partial charge on any atom is 0.416 e. The van der Waals surface area contributed by atoms with Gasteiger partial charge in [0.15, 0.2) is 0 Å². The number of nitrogens with one attached hydrogen (secondary N) is 1. The van der Waals surface area contributed by atoms with E-state index in [0.717, 1.165) is 18.2 Å². The smallest absolute Gasteiger partial charge is 0.370 e. The number of nitrogens with zero attached hydrogens (tertiary/aromatic N) is 3. The predicted molar refractivity (Wildman–Crippen MR) is 131 cm³/mol. The molecule has 37 heavy (non-hydrogen) atoms. The lowest BCUT2D eigenvalue weighted by atomic mass is 10.1. The molecule has 1 aliphatic heterocycles. The number of anilines is 1. The average Bonchev–Trinajstić information content (AvgIpc) is 2.82. The van der Waals surface area contributed by atoms with Crippen molar-refractivity contribution in [3.8, 4) is 0 Å². The highest BCUT2D eigenvalue weighted by molar-refractivity contribution is 6.03. The van der Waals surface area contributed by atoms with Crippen LogP contribution in [0.4, 0.5) is 32.0 Å². The van der Waals surface area contributed by atoms with Crippen molar-refractivity contribution >= 4 is 17.5 Å². The maximum atomic E-state index is 13.2. The van der Waals surface area contributed by atoms with Crippen molar-refractivity contribution in [3.05, 3.63) is 77.0 Å². The lowest BCUT2D eigenvalue weighted by Gasteiger charge is -2.23. The van der Waals surface area contributed by atoms with Gasteiger partial charge < -0.3 is 15.0 Å². The Kier molecular flexibility index (Phi) is 9.36. The van der Waals surface area contributed by atoms with E-state index < -0.39 is 23.5 Å². The predicted octanol–water partition coefficient (Wildman–Crippen LogP) is 7.13. The minimum Gasteiger partial charge on any atom is -0.370 e. The summed E-state index contributed by atoms with van der Waals surface area (Å²) in [4.78, 5) is 11.1. The van der Waals surface area contributed by atoms with Crippen molar-refractivity contribution in [3.63, 3.8) is 0 Å². The van der Waals surface area contributed by atoms with Gasteiger partial charge in [0.1, 0.15) is 5.84 Å². The number of guanidine groups is 1. The van der Waals surface area contributed by atoms with Gasteiger partial charge in [-0.3, -0.25) is 0 Å². The second kappa shape index (κ2) is 12.3. The van der Waals surface area contributed by atoms with Gasteiger partial charge in [-0.15, -0.1) is 0 Å². The molecule has 0 radical (unpaired) electrons. The second-order valence-corrected chi connectivity index (χ2v) is 8.22. The summed E-state index contributed by atoms with van der Waals surface area (Å²) in [6.07, 6.45) is -6.13. The van der Waals surface area contributed by atoms with Crippen LogP contribution in [-0.2, 0) is 23.7 Å². The van der Waals surface area contributed by atoms with Crippen molar-refractivity contribution in [2.24, 2.45) is 9.98 Å². The highest BCUT2D eigenvalue weighted by atomic mass is 19.4. The van der Waals surface area contributed by atoms with Gasteiger partial charge in [0, 0.05) is 25.2 Å². The molecule has 11 heteroatoms. The van der Waals surface area contributed by atoms with Gasteiger partial charge >= 0.3 is 12.4 Å². The molecule has 1 aliphatic rings. The van der Waals surface area contributed by atoms with E-state index in [1.165, 1.54) is 30.3 Å². The standard InChI is InChI=1S/C26H28F6N4O/c1-3-36(4-2)24-34-21(17-37-16-18-8-5-6-10-22(18)26(30,31)32)9-7-11-23(35-24)33-20-14-12-19(13-15-20)25(27,28)29/h5-6,8-10,12-15H,3-4,7,11,16-17H2,1-2H3,(H,33,34,35)/b21-9-. The van der Waals surface area contributed by atoms with Crippen LogP contribution in [0.3, 0.4) is 0 Å². The lowest BCUT2D eigenvalue weighted by molar-refractivity contribution is -0.139. The van der Waals surface area contributed by atoms with Gasteiger partial charge in [0.25, 0.3) is 0 Å². The first kappa shape index (κ1) is 28.2. The first-order valence-electron chi connectivity index (χ1n) is 11.8. The molecule has 3 rings (SSSR count). The molecule has 1 heterocycles. The highest BCUT2D eigenvalue weighted by Gasteiger charge is 2.33. The molecule has 0 fully saturated rings. The number of ether oxygens (including phenoxy) is 1. The van der Waals surface area contributed by atoms with Crippen LogP contribution >= 0.6 is 0 Å². The Morgan fingerprint density at radius 1 is 0.865 bits per heavy atom. The van der Waals surface area contributed by atoms with Crippen molar-refractivity contribution in [2.45, 2.75) is 45.6 Å². The van der Waals surface area contributed by atoms with Crippen molar-refractivity contribution in [2.75, 3.05) is 25.0 Å². The molecule has 200 valence electrons. The van der Waals surface area contributed by atoms with Gasteiger partial charge in [0.2, 0.25) is 5.96 Å². The monoisotopic (exact) mass is 526 g/mol. The fourth-order valence-electron chi connectivity index (χ4n) is 3.68. The zero-order valence-electron chi connectivity index (χ0n) is 20.5. The molecule has 0 bridgehead atoms. The van der Waals surface area contributed by atoms with Crippen LogP contribution in [0.25, 0.3) is 0 Å². The van der Waals surface area contributed by atoms with Crippen LogP contribution in [0, 0.1) is 0 Å². The van der Waals surface area contributed by atoms with Crippen LogP contribution in [-0.4, -0.2) is 36.4 Å². The van der Waals surface area contributed by atoms with Gasteiger partial charge in [0.05, 0.1) is 30.0 Å². The van der Waals surface area contributed by atoms with Gasteiger partial charge in [-0.25, -0.2) is 4.99 Å². The van der Waals surface area contributed by atoms with E-state index in [9.17, 15) is 26.3 Å². The van der Waals surface area contributed by atoms with Crippen LogP contribution in [0.1, 0.15) is 43.4 Å². The molecule has 2 aromatic rings.